The van der Waals surface area contributed by atoms with E-state index in [0.29, 0.717) is 25.9 Å². The van der Waals surface area contributed by atoms with Crippen LogP contribution in [0.3, 0.4) is 0 Å². The molecule has 3 N–H and O–H groups in total. The highest BCUT2D eigenvalue weighted by Gasteiger charge is 2.20. The third kappa shape index (κ3) is 61.4. The molecule has 0 saturated heterocycles. The molecule has 2 atom stereocenters. The highest BCUT2D eigenvalue weighted by atomic mass is 16.5. The number of aliphatic hydroxyl groups is 2. The summed E-state index contributed by atoms with van der Waals surface area (Å²) in [6.45, 7) is 4.97. The summed E-state index contributed by atoms with van der Waals surface area (Å²) in [6.07, 6.45) is 80.7. The van der Waals surface area contributed by atoms with Gasteiger partial charge in [0, 0.05) is 12.8 Å². The van der Waals surface area contributed by atoms with E-state index in [1.807, 2.05) is 0 Å². The zero-order valence-corrected chi connectivity index (χ0v) is 50.8. The molecule has 2 unspecified atom stereocenters. The monoisotopic (exact) mass is 1060 g/mol. The lowest BCUT2D eigenvalue weighted by Gasteiger charge is -2.22. The molecule has 0 saturated carbocycles. The van der Waals surface area contributed by atoms with E-state index in [-0.39, 0.29) is 18.5 Å². The number of amides is 1. The minimum atomic E-state index is -0.664. The molecular weight excluding hydrogens is 923 g/mol. The maximum Gasteiger partial charge on any atom is 0.305 e. The van der Waals surface area contributed by atoms with Gasteiger partial charge in [-0.05, 0) is 77.0 Å². The van der Waals surface area contributed by atoms with Crippen molar-refractivity contribution < 1.29 is 24.5 Å². The Labute approximate surface area is 469 Å². The van der Waals surface area contributed by atoms with Crippen LogP contribution in [0.25, 0.3) is 0 Å². The van der Waals surface area contributed by atoms with Gasteiger partial charge in [0.1, 0.15) is 0 Å². The first-order valence-electron chi connectivity index (χ1n) is 34.1. The van der Waals surface area contributed by atoms with Crippen LogP contribution in [0.1, 0.15) is 380 Å². The van der Waals surface area contributed by atoms with Crippen LogP contribution in [0.2, 0.25) is 0 Å². The number of allylic oxidation sites excluding steroid dienone is 4. The summed E-state index contributed by atoms with van der Waals surface area (Å²) in [5.74, 6) is -0.0207. The normalized spacial score (nSPS) is 12.6. The van der Waals surface area contributed by atoms with E-state index in [4.69, 9.17) is 4.74 Å². The second-order valence-corrected chi connectivity index (χ2v) is 23.5. The zero-order valence-electron chi connectivity index (χ0n) is 50.8. The van der Waals surface area contributed by atoms with Crippen molar-refractivity contribution in [1.29, 1.82) is 0 Å². The van der Waals surface area contributed by atoms with E-state index in [9.17, 15) is 19.8 Å². The van der Waals surface area contributed by atoms with Gasteiger partial charge in [0.25, 0.3) is 0 Å². The van der Waals surface area contributed by atoms with E-state index in [0.717, 1.165) is 38.5 Å². The SMILES string of the molecule is CCCCCCCC/C=C\CCCCCCCCCCCC(=O)OCCCCCCCCCCCCCC/C=C\CCCCCCCCCCCCC(=O)NC(CO)C(O)CCCCCCCCCCCCCCC. The van der Waals surface area contributed by atoms with Crippen LogP contribution >= 0.6 is 0 Å². The van der Waals surface area contributed by atoms with Crippen molar-refractivity contribution in [3.63, 3.8) is 0 Å². The van der Waals surface area contributed by atoms with E-state index >= 15 is 0 Å². The number of esters is 1. The molecule has 0 rings (SSSR count). The smallest absolute Gasteiger partial charge is 0.305 e. The predicted molar refractivity (Wildman–Crippen MR) is 329 cm³/mol. The Morgan fingerprint density at radius 1 is 0.360 bits per heavy atom. The van der Waals surface area contributed by atoms with Crippen LogP contribution in [0.5, 0.6) is 0 Å². The molecule has 6 nitrogen and oxygen atoms in total. The number of carbonyl (C=O) groups is 2. The quantitative estimate of drug-likeness (QED) is 0.0320. The highest BCUT2D eigenvalue weighted by molar-refractivity contribution is 5.76. The number of hydrogen-bond acceptors (Lipinski definition) is 5. The van der Waals surface area contributed by atoms with Gasteiger partial charge < -0.3 is 20.3 Å². The fourth-order valence-corrected chi connectivity index (χ4v) is 10.7. The van der Waals surface area contributed by atoms with Crippen molar-refractivity contribution in [1.82, 2.24) is 5.32 Å². The number of carbonyl (C=O) groups excluding carboxylic acids is 2. The van der Waals surface area contributed by atoms with Gasteiger partial charge in [0.2, 0.25) is 5.91 Å². The lowest BCUT2D eigenvalue weighted by molar-refractivity contribution is -0.143. The molecular formula is C69H133NO5. The van der Waals surface area contributed by atoms with Gasteiger partial charge in [0.05, 0.1) is 25.4 Å². The largest absolute Gasteiger partial charge is 0.466 e. The third-order valence-electron chi connectivity index (χ3n) is 16.0. The second kappa shape index (κ2) is 64.9. The third-order valence-corrected chi connectivity index (χ3v) is 16.0. The maximum atomic E-state index is 12.5. The molecule has 0 radical (unpaired) electrons. The van der Waals surface area contributed by atoms with E-state index in [1.165, 1.54) is 308 Å². The van der Waals surface area contributed by atoms with Gasteiger partial charge in [-0.2, -0.15) is 0 Å². The van der Waals surface area contributed by atoms with Crippen molar-refractivity contribution in [2.45, 2.75) is 392 Å². The lowest BCUT2D eigenvalue weighted by Crippen LogP contribution is -2.45. The standard InChI is InChI=1S/C69H133NO5/c1-3-5-7-9-11-13-15-17-18-19-28-32-35-39-43-47-51-55-59-63-69(74)75-64-60-56-52-48-44-40-36-33-30-27-25-23-21-20-22-24-26-29-31-34-38-42-46-50-54-58-62-68(73)70-66(65-71)67(72)61-57-53-49-45-41-37-16-14-12-10-8-6-4-2/h17-18,20,22,66-67,71-72H,3-16,19,21,23-65H2,1-2H3,(H,70,73)/b18-17-,22-20-. The molecule has 0 fully saturated rings. The average Bonchev–Trinajstić information content (AvgIpc) is 3.41. The Kier molecular flexibility index (Phi) is 63.4. The Hall–Kier alpha value is -1.66. The molecule has 0 aliphatic rings. The van der Waals surface area contributed by atoms with E-state index in [1.54, 1.807) is 0 Å². The molecule has 0 aromatic rings. The van der Waals surface area contributed by atoms with Gasteiger partial charge in [0.15, 0.2) is 0 Å². The van der Waals surface area contributed by atoms with Gasteiger partial charge in [-0.15, -0.1) is 0 Å². The number of rotatable bonds is 64. The molecule has 6 heteroatoms. The molecule has 0 aromatic carbocycles. The van der Waals surface area contributed by atoms with Gasteiger partial charge in [-0.1, -0.05) is 314 Å². The zero-order chi connectivity index (χ0) is 54.3. The molecule has 75 heavy (non-hydrogen) atoms. The fourth-order valence-electron chi connectivity index (χ4n) is 10.7. The first-order chi connectivity index (χ1) is 37.0. The van der Waals surface area contributed by atoms with Gasteiger partial charge in [-0.3, -0.25) is 9.59 Å². The Morgan fingerprint density at radius 2 is 0.627 bits per heavy atom. The van der Waals surface area contributed by atoms with Crippen LogP contribution in [0, 0.1) is 0 Å². The molecule has 1 amide bonds. The van der Waals surface area contributed by atoms with Crippen LogP contribution in [-0.4, -0.2) is 47.4 Å². The summed E-state index contributed by atoms with van der Waals surface area (Å²) in [5.41, 5.74) is 0. The van der Waals surface area contributed by atoms with Crippen molar-refractivity contribution in [3.05, 3.63) is 24.3 Å². The van der Waals surface area contributed by atoms with Crippen LogP contribution in [-0.2, 0) is 14.3 Å². The van der Waals surface area contributed by atoms with E-state index in [2.05, 4.69) is 43.5 Å². The first-order valence-corrected chi connectivity index (χ1v) is 34.1. The Balaban J connectivity index is 3.36. The molecule has 0 aliphatic heterocycles. The summed E-state index contributed by atoms with van der Waals surface area (Å²) in [4.78, 5) is 24.6. The maximum absolute atomic E-state index is 12.5. The average molecular weight is 1060 g/mol. The molecule has 0 spiro atoms. The lowest BCUT2D eigenvalue weighted by atomic mass is 10.0. The molecule has 444 valence electrons. The summed E-state index contributed by atoms with van der Waals surface area (Å²) in [6, 6.07) is -0.542. The Bertz CT molecular complexity index is 1170. The fraction of sp³-hybridized carbons (Fsp3) is 0.913. The molecule has 0 bridgehead atoms. The minimum absolute atomic E-state index is 0.0145. The highest BCUT2D eigenvalue weighted by Crippen LogP contribution is 2.18. The predicted octanol–water partition coefficient (Wildman–Crippen LogP) is 21.8. The molecule has 0 aliphatic carbocycles. The first kappa shape index (κ1) is 73.3. The summed E-state index contributed by atoms with van der Waals surface area (Å²) in [5, 5.41) is 23.3. The summed E-state index contributed by atoms with van der Waals surface area (Å²) < 4.78 is 5.51. The number of aliphatic hydroxyl groups excluding tert-OH is 2. The molecule has 0 heterocycles. The minimum Gasteiger partial charge on any atom is -0.466 e. The van der Waals surface area contributed by atoms with Crippen molar-refractivity contribution in [2.75, 3.05) is 13.2 Å². The number of nitrogens with one attached hydrogen (secondary N) is 1. The van der Waals surface area contributed by atoms with Crippen LogP contribution in [0.4, 0.5) is 0 Å². The van der Waals surface area contributed by atoms with E-state index < -0.39 is 12.1 Å². The summed E-state index contributed by atoms with van der Waals surface area (Å²) >= 11 is 0. The van der Waals surface area contributed by atoms with Crippen LogP contribution < -0.4 is 5.32 Å². The van der Waals surface area contributed by atoms with Crippen molar-refractivity contribution in [3.8, 4) is 0 Å². The van der Waals surface area contributed by atoms with Crippen molar-refractivity contribution >= 4 is 11.9 Å². The van der Waals surface area contributed by atoms with Gasteiger partial charge in [-0.25, -0.2) is 0 Å². The topological polar surface area (TPSA) is 95.9 Å². The van der Waals surface area contributed by atoms with Gasteiger partial charge >= 0.3 is 5.97 Å². The molecule has 0 aromatic heterocycles. The number of hydrogen-bond donors (Lipinski definition) is 3. The van der Waals surface area contributed by atoms with Crippen LogP contribution in [0.15, 0.2) is 24.3 Å². The Morgan fingerprint density at radius 3 is 0.947 bits per heavy atom. The summed E-state index contributed by atoms with van der Waals surface area (Å²) in [7, 11) is 0. The second-order valence-electron chi connectivity index (χ2n) is 23.5. The number of unbranched alkanes of at least 4 members (excludes halogenated alkanes) is 49. The van der Waals surface area contributed by atoms with Crippen molar-refractivity contribution in [2.24, 2.45) is 0 Å². The number of ether oxygens (including phenoxy) is 1.